The van der Waals surface area contributed by atoms with Gasteiger partial charge in [-0.15, -0.1) is 0 Å². The molecule has 0 radical (unpaired) electrons. The minimum Gasteiger partial charge on any atom is -0.326 e. The van der Waals surface area contributed by atoms with E-state index in [1.54, 1.807) is 6.07 Å². The summed E-state index contributed by atoms with van der Waals surface area (Å²) in [6, 6.07) is 26.0. The first-order valence-corrected chi connectivity index (χ1v) is 9.30. The predicted octanol–water partition coefficient (Wildman–Crippen LogP) is 6.33. The van der Waals surface area contributed by atoms with Crippen molar-refractivity contribution in [1.82, 2.24) is 0 Å². The first-order chi connectivity index (χ1) is 13.2. The van der Waals surface area contributed by atoms with E-state index >= 15 is 0 Å². The molecular formula is C25H22FN. The fraction of sp³-hybridized carbons (Fsp3) is 0.120. The van der Waals surface area contributed by atoms with Crippen molar-refractivity contribution in [3.63, 3.8) is 0 Å². The number of fused-ring (bicyclic) bond motifs is 1. The lowest BCUT2D eigenvalue weighted by molar-refractivity contribution is 0.632. The minimum atomic E-state index is -0.213. The molecule has 0 spiro atoms. The molecule has 4 rings (SSSR count). The third-order valence-electron chi connectivity index (χ3n) is 5.12. The number of benzene rings is 4. The topological polar surface area (TPSA) is 26.0 Å². The summed E-state index contributed by atoms with van der Waals surface area (Å²) in [7, 11) is 0. The van der Waals surface area contributed by atoms with Crippen molar-refractivity contribution in [2.75, 3.05) is 0 Å². The average molecular weight is 355 g/mol. The molecule has 0 heterocycles. The molecule has 134 valence electrons. The van der Waals surface area contributed by atoms with Crippen LogP contribution in [0.5, 0.6) is 0 Å². The van der Waals surface area contributed by atoms with Gasteiger partial charge in [0.2, 0.25) is 0 Å². The third-order valence-corrected chi connectivity index (χ3v) is 5.12. The van der Waals surface area contributed by atoms with Crippen LogP contribution in [0, 0.1) is 5.82 Å². The van der Waals surface area contributed by atoms with Crippen molar-refractivity contribution in [2.24, 2.45) is 5.73 Å². The molecule has 0 saturated heterocycles. The Labute approximate surface area is 159 Å². The van der Waals surface area contributed by atoms with E-state index in [4.69, 9.17) is 5.73 Å². The number of hydrogen-bond donors (Lipinski definition) is 1. The SMILES string of the molecule is CCc1ccc2cc(-c3ccc(-c4ccc(CN)cc4)c(F)c3)ccc2c1. The Morgan fingerprint density at radius 3 is 1.96 bits per heavy atom. The molecule has 0 aromatic heterocycles. The second-order valence-electron chi connectivity index (χ2n) is 6.85. The second kappa shape index (κ2) is 7.34. The summed E-state index contributed by atoms with van der Waals surface area (Å²) in [5.74, 6) is -0.213. The summed E-state index contributed by atoms with van der Waals surface area (Å²) < 4.78 is 14.8. The van der Waals surface area contributed by atoms with Crippen LogP contribution in [-0.4, -0.2) is 0 Å². The molecule has 0 unspecified atom stereocenters. The van der Waals surface area contributed by atoms with Gasteiger partial charge in [0.15, 0.2) is 0 Å². The molecule has 0 atom stereocenters. The van der Waals surface area contributed by atoms with Crippen LogP contribution in [0.15, 0.2) is 78.9 Å². The van der Waals surface area contributed by atoms with Crippen LogP contribution in [0.1, 0.15) is 18.1 Å². The van der Waals surface area contributed by atoms with E-state index in [0.29, 0.717) is 12.1 Å². The summed E-state index contributed by atoms with van der Waals surface area (Å²) in [5.41, 5.74) is 11.4. The van der Waals surface area contributed by atoms with E-state index in [1.165, 1.54) is 16.3 Å². The maximum atomic E-state index is 14.8. The van der Waals surface area contributed by atoms with Crippen LogP contribution < -0.4 is 5.73 Å². The summed E-state index contributed by atoms with van der Waals surface area (Å²) in [6.07, 6.45) is 1.02. The van der Waals surface area contributed by atoms with E-state index in [0.717, 1.165) is 28.7 Å². The predicted molar refractivity (Wildman–Crippen MR) is 112 cm³/mol. The zero-order chi connectivity index (χ0) is 18.8. The Hall–Kier alpha value is -2.97. The van der Waals surface area contributed by atoms with E-state index in [9.17, 15) is 4.39 Å². The Morgan fingerprint density at radius 2 is 1.26 bits per heavy atom. The molecule has 27 heavy (non-hydrogen) atoms. The van der Waals surface area contributed by atoms with Gasteiger partial charge in [-0.2, -0.15) is 0 Å². The Balaban J connectivity index is 1.70. The highest BCUT2D eigenvalue weighted by Gasteiger charge is 2.08. The van der Waals surface area contributed by atoms with Gasteiger partial charge in [0, 0.05) is 12.1 Å². The van der Waals surface area contributed by atoms with Crippen molar-refractivity contribution in [2.45, 2.75) is 19.9 Å². The Kier molecular flexibility index (Phi) is 4.74. The first-order valence-electron chi connectivity index (χ1n) is 9.30. The van der Waals surface area contributed by atoms with Crippen molar-refractivity contribution in [3.8, 4) is 22.3 Å². The van der Waals surface area contributed by atoms with Gasteiger partial charge < -0.3 is 5.73 Å². The van der Waals surface area contributed by atoms with Gasteiger partial charge in [-0.25, -0.2) is 4.39 Å². The average Bonchev–Trinajstić information content (AvgIpc) is 2.73. The molecule has 2 N–H and O–H groups in total. The van der Waals surface area contributed by atoms with E-state index in [2.05, 4.69) is 43.3 Å². The van der Waals surface area contributed by atoms with Crippen molar-refractivity contribution < 1.29 is 4.39 Å². The number of hydrogen-bond acceptors (Lipinski definition) is 1. The van der Waals surface area contributed by atoms with Gasteiger partial charge in [-0.1, -0.05) is 73.7 Å². The lowest BCUT2D eigenvalue weighted by atomic mass is 9.96. The monoisotopic (exact) mass is 355 g/mol. The summed E-state index contributed by atoms with van der Waals surface area (Å²) in [6.45, 7) is 2.65. The van der Waals surface area contributed by atoms with Gasteiger partial charge in [-0.05, 0) is 57.1 Å². The summed E-state index contributed by atoms with van der Waals surface area (Å²) >= 11 is 0. The molecule has 4 aromatic carbocycles. The molecule has 4 aromatic rings. The fourth-order valence-corrected chi connectivity index (χ4v) is 3.44. The normalized spacial score (nSPS) is 11.1. The van der Waals surface area contributed by atoms with Crippen LogP contribution >= 0.6 is 0 Å². The summed E-state index contributed by atoms with van der Waals surface area (Å²) in [5, 5.41) is 2.39. The van der Waals surface area contributed by atoms with Gasteiger partial charge >= 0.3 is 0 Å². The molecule has 0 bridgehead atoms. The largest absolute Gasteiger partial charge is 0.326 e. The van der Waals surface area contributed by atoms with Crippen molar-refractivity contribution in [1.29, 1.82) is 0 Å². The number of halogens is 1. The van der Waals surface area contributed by atoms with Gasteiger partial charge in [0.1, 0.15) is 5.82 Å². The molecule has 0 aliphatic heterocycles. The molecule has 0 fully saturated rings. The van der Waals surface area contributed by atoms with Crippen LogP contribution in [0.25, 0.3) is 33.0 Å². The van der Waals surface area contributed by atoms with Gasteiger partial charge in [0.05, 0.1) is 0 Å². The lowest BCUT2D eigenvalue weighted by Gasteiger charge is -2.09. The van der Waals surface area contributed by atoms with Crippen molar-refractivity contribution in [3.05, 3.63) is 95.8 Å². The second-order valence-corrected chi connectivity index (χ2v) is 6.85. The first kappa shape index (κ1) is 17.4. The highest BCUT2D eigenvalue weighted by molar-refractivity contribution is 5.88. The quantitative estimate of drug-likeness (QED) is 0.454. The standard InChI is InChI=1S/C25H22FN/c1-2-17-3-8-21-14-22(10-9-20(21)13-17)23-11-12-24(25(26)15-23)19-6-4-18(16-27)5-7-19/h3-15H,2,16,27H2,1H3. The van der Waals surface area contributed by atoms with Gasteiger partial charge in [-0.3, -0.25) is 0 Å². The summed E-state index contributed by atoms with van der Waals surface area (Å²) in [4.78, 5) is 0. The van der Waals surface area contributed by atoms with Crippen LogP contribution in [0.3, 0.4) is 0 Å². The molecule has 0 aliphatic rings. The van der Waals surface area contributed by atoms with Crippen LogP contribution in [0.2, 0.25) is 0 Å². The lowest BCUT2D eigenvalue weighted by Crippen LogP contribution is -1.95. The Morgan fingerprint density at radius 1 is 0.667 bits per heavy atom. The van der Waals surface area contributed by atoms with Crippen LogP contribution in [-0.2, 0) is 13.0 Å². The molecular weight excluding hydrogens is 333 g/mol. The van der Waals surface area contributed by atoms with E-state index in [1.807, 2.05) is 36.4 Å². The zero-order valence-electron chi connectivity index (χ0n) is 15.4. The maximum Gasteiger partial charge on any atom is 0.131 e. The minimum absolute atomic E-state index is 0.213. The molecule has 2 heteroatoms. The third kappa shape index (κ3) is 3.49. The fourth-order valence-electron chi connectivity index (χ4n) is 3.44. The number of aryl methyl sites for hydroxylation is 1. The van der Waals surface area contributed by atoms with Gasteiger partial charge in [0.25, 0.3) is 0 Å². The van der Waals surface area contributed by atoms with Crippen molar-refractivity contribution >= 4 is 10.8 Å². The highest BCUT2D eigenvalue weighted by atomic mass is 19.1. The maximum absolute atomic E-state index is 14.8. The Bertz CT molecular complexity index is 1100. The zero-order valence-corrected chi connectivity index (χ0v) is 15.4. The number of rotatable bonds is 4. The smallest absolute Gasteiger partial charge is 0.131 e. The number of nitrogens with two attached hydrogens (primary N) is 1. The molecule has 0 amide bonds. The van der Waals surface area contributed by atoms with Crippen LogP contribution in [0.4, 0.5) is 4.39 Å². The molecule has 0 aliphatic carbocycles. The van der Waals surface area contributed by atoms with E-state index in [-0.39, 0.29) is 5.82 Å². The van der Waals surface area contributed by atoms with E-state index < -0.39 is 0 Å². The molecule has 1 nitrogen and oxygen atoms in total. The molecule has 0 saturated carbocycles. The highest BCUT2D eigenvalue weighted by Crippen LogP contribution is 2.30.